The van der Waals surface area contributed by atoms with Gasteiger partial charge in [0, 0.05) is 13.0 Å². The maximum Gasteiger partial charge on any atom is 0.305 e. The molecule has 0 radical (unpaired) electrons. The number of nitrogens with two attached hydrogens (primary N) is 2. The number of nitrogens with zero attached hydrogens (tertiary/aromatic N) is 1. The van der Waals surface area contributed by atoms with Crippen molar-refractivity contribution in [3.8, 4) is 0 Å². The van der Waals surface area contributed by atoms with Crippen LogP contribution in [0.5, 0.6) is 0 Å². The first-order chi connectivity index (χ1) is 20.5. The molecule has 0 saturated carbocycles. The Bertz CT molecular complexity index is 1160. The van der Waals surface area contributed by atoms with Gasteiger partial charge in [0.05, 0.1) is 13.0 Å². The number of hydrogen-bond acceptors (Lipinski definition) is 7. The molecule has 0 aromatic heterocycles. The highest BCUT2D eigenvalue weighted by Crippen LogP contribution is 2.10. The Kier molecular flexibility index (Phi) is 14.4. The van der Waals surface area contributed by atoms with Gasteiger partial charge in [-0.15, -0.1) is 0 Å². The molecule has 0 bridgehead atoms. The van der Waals surface area contributed by atoms with E-state index in [1.165, 1.54) is 0 Å². The van der Waals surface area contributed by atoms with E-state index in [4.69, 9.17) is 11.5 Å². The summed E-state index contributed by atoms with van der Waals surface area (Å²) in [5, 5.41) is 22.0. The molecule has 5 amide bonds. The predicted molar refractivity (Wildman–Crippen MR) is 157 cm³/mol. The van der Waals surface area contributed by atoms with Crippen LogP contribution >= 0.6 is 0 Å². The van der Waals surface area contributed by atoms with Gasteiger partial charge in [0.15, 0.2) is 5.96 Å². The zero-order valence-electron chi connectivity index (χ0n) is 24.3. The van der Waals surface area contributed by atoms with E-state index in [2.05, 4.69) is 31.6 Å². The Labute approximate surface area is 250 Å². The van der Waals surface area contributed by atoms with Crippen LogP contribution in [0, 0.1) is 0 Å². The number of benzene rings is 1. The van der Waals surface area contributed by atoms with Gasteiger partial charge in [0.25, 0.3) is 0 Å². The second kappa shape index (κ2) is 18.0. The monoisotopic (exact) mass is 602 g/mol. The number of guanidine groups is 1. The summed E-state index contributed by atoms with van der Waals surface area (Å²) in [6.45, 7) is 1.58. The highest BCUT2D eigenvalue weighted by atomic mass is 16.4. The normalized spacial score (nSPS) is 22.0. The van der Waals surface area contributed by atoms with Crippen molar-refractivity contribution in [3.05, 3.63) is 35.9 Å². The highest BCUT2D eigenvalue weighted by Gasteiger charge is 2.33. The van der Waals surface area contributed by atoms with Crippen LogP contribution in [0.25, 0.3) is 0 Å². The highest BCUT2D eigenvalue weighted by molar-refractivity contribution is 5.98. The van der Waals surface area contributed by atoms with Gasteiger partial charge in [-0.25, -0.2) is 0 Å². The van der Waals surface area contributed by atoms with Gasteiger partial charge < -0.3 is 43.2 Å². The van der Waals surface area contributed by atoms with Crippen LogP contribution in [-0.2, 0) is 35.2 Å². The van der Waals surface area contributed by atoms with Crippen molar-refractivity contribution in [1.29, 1.82) is 0 Å². The summed E-state index contributed by atoms with van der Waals surface area (Å²) >= 11 is 0. The molecule has 15 heteroatoms. The number of carbonyl (C=O) groups excluding carboxylic acids is 5. The number of carboxylic acid groups (broad SMARTS) is 1. The van der Waals surface area contributed by atoms with E-state index in [1.807, 2.05) is 6.92 Å². The standard InChI is InChI=1S/C28H42N8O7/c1-2-3-5-11-19-25(41)34-18(12-8-13-31-28(29)30)24(40)32-16-22(37)33-21(15-23(38)39)27(43)36-20(26(42)35-19)14-17-9-6-4-7-10-17/h4,6-7,9-10,18-21H,2-3,5,8,11-16H2,1H3,(H,32,40)(H,33,37)(H,34,41)(H,35,42)(H,36,43)(H,38,39)(H4,29,30,31). The zero-order chi connectivity index (χ0) is 31.8. The lowest BCUT2D eigenvalue weighted by molar-refractivity contribution is -0.141. The van der Waals surface area contributed by atoms with E-state index < -0.39 is 72.6 Å². The van der Waals surface area contributed by atoms with E-state index in [0.29, 0.717) is 18.4 Å². The second-order valence-corrected chi connectivity index (χ2v) is 10.3. The van der Waals surface area contributed by atoms with Crippen molar-refractivity contribution in [2.45, 2.75) is 82.5 Å². The van der Waals surface area contributed by atoms with Crippen molar-refractivity contribution in [3.63, 3.8) is 0 Å². The molecule has 2 rings (SSSR count). The Morgan fingerprint density at radius 2 is 1.40 bits per heavy atom. The average molecular weight is 603 g/mol. The first-order valence-corrected chi connectivity index (χ1v) is 14.3. The van der Waals surface area contributed by atoms with Gasteiger partial charge in [-0.2, -0.15) is 0 Å². The fraction of sp³-hybridized carbons (Fsp3) is 0.536. The van der Waals surface area contributed by atoms with E-state index in [1.54, 1.807) is 30.3 Å². The summed E-state index contributed by atoms with van der Waals surface area (Å²) in [6.07, 6.45) is 2.21. The predicted octanol–water partition coefficient (Wildman–Crippen LogP) is -1.59. The van der Waals surface area contributed by atoms with E-state index >= 15 is 0 Å². The molecule has 1 aliphatic heterocycles. The number of aliphatic carboxylic acids is 1. The number of carboxylic acids is 1. The Hall–Kier alpha value is -4.69. The summed E-state index contributed by atoms with van der Waals surface area (Å²) in [7, 11) is 0. The number of nitrogens with one attached hydrogen (secondary N) is 5. The Balaban J connectivity index is 2.44. The molecular formula is C28H42N8O7. The van der Waals surface area contributed by atoms with Crippen molar-refractivity contribution in [1.82, 2.24) is 26.6 Å². The lowest BCUT2D eigenvalue weighted by atomic mass is 10.0. The third-order valence-corrected chi connectivity index (χ3v) is 6.68. The number of carbonyl (C=O) groups is 6. The largest absolute Gasteiger partial charge is 0.481 e. The molecule has 43 heavy (non-hydrogen) atoms. The zero-order valence-corrected chi connectivity index (χ0v) is 24.3. The number of amides is 5. The average Bonchev–Trinajstić information content (AvgIpc) is 2.95. The van der Waals surface area contributed by atoms with Gasteiger partial charge in [-0.3, -0.25) is 33.8 Å². The minimum atomic E-state index is -1.53. The molecule has 10 N–H and O–H groups in total. The topological polar surface area (TPSA) is 247 Å². The molecule has 0 spiro atoms. The van der Waals surface area contributed by atoms with Crippen molar-refractivity contribution in [2.75, 3.05) is 13.1 Å². The molecule has 1 aliphatic rings. The van der Waals surface area contributed by atoms with E-state index in [9.17, 15) is 33.9 Å². The summed E-state index contributed by atoms with van der Waals surface area (Å²) in [5.74, 6) is -5.22. The van der Waals surface area contributed by atoms with Crippen LogP contribution < -0.4 is 38.1 Å². The van der Waals surface area contributed by atoms with E-state index in [-0.39, 0.29) is 31.8 Å². The molecule has 1 fully saturated rings. The molecule has 236 valence electrons. The molecule has 0 aliphatic carbocycles. The van der Waals surface area contributed by atoms with E-state index in [0.717, 1.165) is 12.8 Å². The van der Waals surface area contributed by atoms with Crippen LogP contribution in [0.2, 0.25) is 0 Å². The fourth-order valence-electron chi connectivity index (χ4n) is 4.44. The third-order valence-electron chi connectivity index (χ3n) is 6.68. The molecular weight excluding hydrogens is 560 g/mol. The minimum Gasteiger partial charge on any atom is -0.481 e. The summed E-state index contributed by atoms with van der Waals surface area (Å²) < 4.78 is 0. The van der Waals surface area contributed by atoms with Crippen molar-refractivity contribution >= 4 is 41.5 Å². The Morgan fingerprint density at radius 3 is 2.02 bits per heavy atom. The SMILES string of the molecule is CCCCCC1NC(=O)C(Cc2ccccc2)NC(=O)C(CC(=O)O)NC(=O)CNC(=O)C(CCCN=C(N)N)NC1=O. The van der Waals surface area contributed by atoms with Crippen LogP contribution in [0.1, 0.15) is 57.4 Å². The molecule has 4 atom stereocenters. The van der Waals surface area contributed by atoms with Gasteiger partial charge in [0.2, 0.25) is 29.5 Å². The quantitative estimate of drug-likeness (QED) is 0.0779. The molecule has 15 nitrogen and oxygen atoms in total. The minimum absolute atomic E-state index is 0.0307. The number of rotatable bonds is 12. The molecule has 1 heterocycles. The first-order valence-electron chi connectivity index (χ1n) is 14.3. The van der Waals surface area contributed by atoms with Crippen molar-refractivity contribution < 1.29 is 33.9 Å². The summed E-state index contributed by atoms with van der Waals surface area (Å²) in [5.41, 5.74) is 11.4. The lowest BCUT2D eigenvalue weighted by Crippen LogP contribution is -2.58. The van der Waals surface area contributed by atoms with Crippen molar-refractivity contribution in [2.24, 2.45) is 16.5 Å². The third kappa shape index (κ3) is 12.8. The van der Waals surface area contributed by atoms with Gasteiger partial charge in [0.1, 0.15) is 24.2 Å². The molecule has 1 saturated heterocycles. The summed E-state index contributed by atoms with van der Waals surface area (Å²) in [4.78, 5) is 81.2. The second-order valence-electron chi connectivity index (χ2n) is 10.3. The molecule has 4 unspecified atom stereocenters. The Morgan fingerprint density at radius 1 is 0.814 bits per heavy atom. The molecule has 1 aromatic carbocycles. The maximum absolute atomic E-state index is 13.6. The number of aliphatic imine (C=N–C) groups is 1. The van der Waals surface area contributed by atoms with Crippen LogP contribution in [0.4, 0.5) is 0 Å². The lowest BCUT2D eigenvalue weighted by Gasteiger charge is -2.26. The smallest absolute Gasteiger partial charge is 0.305 e. The summed E-state index contributed by atoms with van der Waals surface area (Å²) in [6, 6.07) is 3.93. The molecule has 1 aromatic rings. The maximum atomic E-state index is 13.6. The first kappa shape index (κ1) is 34.5. The van der Waals surface area contributed by atoms with Crippen LogP contribution in [0.15, 0.2) is 35.3 Å². The van der Waals surface area contributed by atoms with Gasteiger partial charge >= 0.3 is 5.97 Å². The van der Waals surface area contributed by atoms with Gasteiger partial charge in [-0.1, -0.05) is 56.5 Å². The number of unbranched alkanes of at least 4 members (excludes halogenated alkanes) is 2. The fourth-order valence-corrected chi connectivity index (χ4v) is 4.44. The van der Waals surface area contributed by atoms with Crippen LogP contribution in [-0.4, -0.2) is 83.8 Å². The van der Waals surface area contributed by atoms with Gasteiger partial charge in [-0.05, 0) is 24.8 Å². The van der Waals surface area contributed by atoms with Crippen LogP contribution in [0.3, 0.4) is 0 Å². The number of hydrogen-bond donors (Lipinski definition) is 8.